The number of hydrogen-bond donors (Lipinski definition) is 3. The van der Waals surface area contributed by atoms with Crippen LogP contribution in [0.25, 0.3) is 10.9 Å². The summed E-state index contributed by atoms with van der Waals surface area (Å²) >= 11 is 6.08. The maximum Gasteiger partial charge on any atom is 0.326 e. The molecule has 0 unspecified atom stereocenters. The van der Waals surface area contributed by atoms with Crippen molar-refractivity contribution in [3.63, 3.8) is 0 Å². The largest absolute Gasteiger partial charge is 0.480 e. The number of aromatic nitrogens is 1. The summed E-state index contributed by atoms with van der Waals surface area (Å²) in [5.41, 5.74) is 3.16. The first kappa shape index (κ1) is 17.6. The molecule has 1 aliphatic rings. The molecule has 134 valence electrons. The van der Waals surface area contributed by atoms with Crippen LogP contribution in [0.3, 0.4) is 0 Å². The number of hydrogen-bond acceptors (Lipinski definition) is 2. The van der Waals surface area contributed by atoms with Crippen LogP contribution in [0.15, 0.2) is 18.2 Å². The maximum absolute atomic E-state index is 12.5. The third-order valence-corrected chi connectivity index (χ3v) is 4.76. The molecule has 2 amide bonds. The van der Waals surface area contributed by atoms with E-state index in [9.17, 15) is 14.7 Å². The van der Waals surface area contributed by atoms with Gasteiger partial charge in [0.05, 0.1) is 6.54 Å². The zero-order valence-electron chi connectivity index (χ0n) is 14.3. The Balaban J connectivity index is 1.74. The number of halogens is 1. The number of amides is 2. The molecule has 1 aromatic heterocycles. The van der Waals surface area contributed by atoms with Crippen LogP contribution in [-0.2, 0) is 17.8 Å². The summed E-state index contributed by atoms with van der Waals surface area (Å²) in [6.07, 6.45) is 1.12. The first-order chi connectivity index (χ1) is 11.8. The molecule has 0 saturated heterocycles. The molecule has 25 heavy (non-hydrogen) atoms. The van der Waals surface area contributed by atoms with Crippen molar-refractivity contribution in [2.75, 3.05) is 6.54 Å². The fourth-order valence-corrected chi connectivity index (χ4v) is 3.49. The van der Waals surface area contributed by atoms with E-state index < -0.39 is 12.0 Å². The molecule has 3 N–H and O–H groups in total. The highest BCUT2D eigenvalue weighted by Gasteiger charge is 2.27. The lowest BCUT2D eigenvalue weighted by Crippen LogP contribution is -2.49. The topological polar surface area (TPSA) is 85.4 Å². The number of nitrogens with one attached hydrogen (secondary N) is 2. The van der Waals surface area contributed by atoms with E-state index in [1.54, 1.807) is 4.90 Å². The molecule has 1 aromatic carbocycles. The Morgan fingerprint density at radius 2 is 2.16 bits per heavy atom. The molecule has 2 heterocycles. The first-order valence-electron chi connectivity index (χ1n) is 8.42. The van der Waals surface area contributed by atoms with Crippen molar-refractivity contribution < 1.29 is 14.7 Å². The molecule has 0 spiro atoms. The van der Waals surface area contributed by atoms with Crippen LogP contribution in [0.4, 0.5) is 4.79 Å². The van der Waals surface area contributed by atoms with Gasteiger partial charge in [-0.1, -0.05) is 25.4 Å². The molecule has 7 heteroatoms. The highest BCUT2D eigenvalue weighted by molar-refractivity contribution is 6.31. The molecule has 0 bridgehead atoms. The van der Waals surface area contributed by atoms with Crippen molar-refractivity contribution in [2.45, 2.75) is 39.3 Å². The lowest BCUT2D eigenvalue weighted by Gasteiger charge is -2.29. The number of carboxylic acids is 1. The molecule has 6 nitrogen and oxygen atoms in total. The number of H-pyrrole nitrogens is 1. The molecule has 0 saturated carbocycles. The smallest absolute Gasteiger partial charge is 0.326 e. The number of carbonyl (C=O) groups excluding carboxylic acids is 1. The van der Waals surface area contributed by atoms with Gasteiger partial charge in [-0.2, -0.15) is 0 Å². The molecule has 2 aromatic rings. The van der Waals surface area contributed by atoms with Gasteiger partial charge in [0.2, 0.25) is 0 Å². The van der Waals surface area contributed by atoms with Crippen molar-refractivity contribution in [3.8, 4) is 0 Å². The van der Waals surface area contributed by atoms with E-state index >= 15 is 0 Å². The van der Waals surface area contributed by atoms with E-state index in [0.29, 0.717) is 31.0 Å². The van der Waals surface area contributed by atoms with Crippen molar-refractivity contribution in [1.29, 1.82) is 0 Å². The lowest BCUT2D eigenvalue weighted by molar-refractivity contribution is -0.139. The van der Waals surface area contributed by atoms with Crippen molar-refractivity contribution >= 4 is 34.5 Å². The number of carboxylic acid groups (broad SMARTS) is 1. The number of aromatic amines is 1. The molecular weight excluding hydrogens is 342 g/mol. The van der Waals surface area contributed by atoms with Gasteiger partial charge in [0, 0.05) is 28.2 Å². The van der Waals surface area contributed by atoms with E-state index in [4.69, 9.17) is 11.6 Å². The Hall–Kier alpha value is -2.21. The zero-order valence-corrected chi connectivity index (χ0v) is 15.1. The summed E-state index contributed by atoms with van der Waals surface area (Å²) in [4.78, 5) is 28.8. The van der Waals surface area contributed by atoms with Crippen LogP contribution >= 0.6 is 11.6 Å². The van der Waals surface area contributed by atoms with Gasteiger partial charge in [0.25, 0.3) is 0 Å². The summed E-state index contributed by atoms with van der Waals surface area (Å²) in [6.45, 7) is 4.85. The second-order valence-electron chi connectivity index (χ2n) is 6.91. The number of rotatable bonds is 4. The van der Waals surface area contributed by atoms with Crippen LogP contribution < -0.4 is 5.32 Å². The van der Waals surface area contributed by atoms with Crippen LogP contribution in [-0.4, -0.2) is 39.6 Å². The Morgan fingerprint density at radius 1 is 1.40 bits per heavy atom. The first-order valence-corrected chi connectivity index (χ1v) is 8.80. The number of aliphatic carboxylic acids is 1. The molecule has 1 atom stereocenters. The standard InChI is InChI=1S/C18H22ClN3O3/c1-10(2)7-15(17(23)24)21-18(25)22-6-5-12-13-8-11(19)3-4-14(13)20-16(12)9-22/h3-4,8,10,15,20H,5-7,9H2,1-2H3,(H,21,25)(H,23,24)/t15-/m0/s1. The van der Waals surface area contributed by atoms with Gasteiger partial charge >= 0.3 is 12.0 Å². The number of urea groups is 1. The summed E-state index contributed by atoms with van der Waals surface area (Å²) in [5, 5.41) is 13.7. The minimum atomic E-state index is -1.000. The normalized spacial score (nSPS) is 15.3. The summed E-state index contributed by atoms with van der Waals surface area (Å²) in [7, 11) is 0. The summed E-state index contributed by atoms with van der Waals surface area (Å²) < 4.78 is 0. The monoisotopic (exact) mass is 363 g/mol. The fraction of sp³-hybridized carbons (Fsp3) is 0.444. The van der Waals surface area contributed by atoms with E-state index in [1.807, 2.05) is 32.0 Å². The van der Waals surface area contributed by atoms with Gasteiger partial charge < -0.3 is 20.3 Å². The van der Waals surface area contributed by atoms with Crippen molar-refractivity contribution in [3.05, 3.63) is 34.5 Å². The highest BCUT2D eigenvalue weighted by Crippen LogP contribution is 2.29. The Morgan fingerprint density at radius 3 is 2.84 bits per heavy atom. The van der Waals surface area contributed by atoms with Crippen LogP contribution in [0.1, 0.15) is 31.5 Å². The predicted octanol–water partition coefficient (Wildman–Crippen LogP) is 3.39. The molecular formula is C18H22ClN3O3. The SMILES string of the molecule is CC(C)C[C@H](NC(=O)N1CCc2c([nH]c3ccc(Cl)cc23)C1)C(=O)O. The summed E-state index contributed by atoms with van der Waals surface area (Å²) in [6, 6.07) is 4.50. The quantitative estimate of drug-likeness (QED) is 0.778. The van der Waals surface area contributed by atoms with Crippen molar-refractivity contribution in [2.24, 2.45) is 5.92 Å². The van der Waals surface area contributed by atoms with E-state index in [1.165, 1.54) is 5.56 Å². The van der Waals surface area contributed by atoms with Gasteiger partial charge in [0.15, 0.2) is 0 Å². The Bertz CT molecular complexity index is 815. The van der Waals surface area contributed by atoms with E-state index in [2.05, 4.69) is 10.3 Å². The van der Waals surface area contributed by atoms with Gasteiger partial charge in [-0.15, -0.1) is 0 Å². The second-order valence-corrected chi connectivity index (χ2v) is 7.35. The van der Waals surface area contributed by atoms with Crippen molar-refractivity contribution in [1.82, 2.24) is 15.2 Å². The Kier molecular flexibility index (Phi) is 4.90. The van der Waals surface area contributed by atoms with Gasteiger partial charge in [-0.3, -0.25) is 0 Å². The summed E-state index contributed by atoms with van der Waals surface area (Å²) in [5.74, 6) is -0.812. The molecule has 0 radical (unpaired) electrons. The van der Waals surface area contributed by atoms with Gasteiger partial charge in [0.1, 0.15) is 6.04 Å². The predicted molar refractivity (Wildman–Crippen MR) is 96.8 cm³/mol. The van der Waals surface area contributed by atoms with Gasteiger partial charge in [-0.05, 0) is 42.5 Å². The number of carbonyl (C=O) groups is 2. The minimum absolute atomic E-state index is 0.188. The van der Waals surface area contributed by atoms with E-state index in [-0.39, 0.29) is 11.9 Å². The highest BCUT2D eigenvalue weighted by atomic mass is 35.5. The number of fused-ring (bicyclic) bond motifs is 3. The molecule has 0 aliphatic carbocycles. The average Bonchev–Trinajstić information content (AvgIpc) is 2.90. The molecule has 0 fully saturated rings. The second kappa shape index (κ2) is 6.96. The third-order valence-electron chi connectivity index (χ3n) is 4.53. The maximum atomic E-state index is 12.5. The van der Waals surface area contributed by atoms with Crippen LogP contribution in [0.5, 0.6) is 0 Å². The number of nitrogens with zero attached hydrogens (tertiary/aromatic N) is 1. The molecule has 1 aliphatic heterocycles. The third kappa shape index (κ3) is 3.74. The lowest BCUT2D eigenvalue weighted by atomic mass is 10.0. The Labute approximate surface area is 151 Å². The number of benzene rings is 1. The zero-order chi connectivity index (χ0) is 18.1. The fourth-order valence-electron chi connectivity index (χ4n) is 3.32. The van der Waals surface area contributed by atoms with E-state index in [0.717, 1.165) is 16.6 Å². The average molecular weight is 364 g/mol. The van der Waals surface area contributed by atoms with Crippen LogP contribution in [0, 0.1) is 5.92 Å². The van der Waals surface area contributed by atoms with Gasteiger partial charge in [-0.25, -0.2) is 9.59 Å². The van der Waals surface area contributed by atoms with Crippen LogP contribution in [0.2, 0.25) is 5.02 Å². The molecule has 3 rings (SSSR count). The minimum Gasteiger partial charge on any atom is -0.480 e.